The van der Waals surface area contributed by atoms with E-state index in [1.807, 2.05) is 0 Å². The summed E-state index contributed by atoms with van der Waals surface area (Å²) in [7, 11) is 0. The van der Waals surface area contributed by atoms with Gasteiger partial charge in [-0.25, -0.2) is 0 Å². The van der Waals surface area contributed by atoms with Crippen LogP contribution in [0, 0.1) is 13.8 Å². The van der Waals surface area contributed by atoms with Crippen LogP contribution in [-0.4, -0.2) is 30.2 Å². The molecule has 0 saturated carbocycles. The Kier molecular flexibility index (Phi) is 6.21. The molecule has 0 spiro atoms. The van der Waals surface area contributed by atoms with Crippen LogP contribution in [0.5, 0.6) is 0 Å². The summed E-state index contributed by atoms with van der Waals surface area (Å²) in [6.07, 6.45) is -0.707. The van der Waals surface area contributed by atoms with Crippen molar-refractivity contribution in [2.24, 2.45) is 0 Å². The van der Waals surface area contributed by atoms with Gasteiger partial charge in [-0.3, -0.25) is 0 Å². The fourth-order valence-electron chi connectivity index (χ4n) is 2.88. The van der Waals surface area contributed by atoms with Crippen LogP contribution >= 0.6 is 0 Å². The predicted molar refractivity (Wildman–Crippen MR) is 96.1 cm³/mol. The van der Waals surface area contributed by atoms with Crippen LogP contribution in [0.25, 0.3) is 0 Å². The average molecular weight is 342 g/mol. The summed E-state index contributed by atoms with van der Waals surface area (Å²) in [5.41, 5.74) is 4.70. The van der Waals surface area contributed by atoms with Crippen molar-refractivity contribution in [1.29, 1.82) is 0 Å². The summed E-state index contributed by atoms with van der Waals surface area (Å²) in [5.74, 6) is 0. The number of hydrogen-bond acceptors (Lipinski definition) is 4. The summed E-state index contributed by atoms with van der Waals surface area (Å²) >= 11 is 0. The molecule has 134 valence electrons. The maximum absolute atomic E-state index is 9.79. The molecule has 1 heterocycles. The molecule has 1 N–H and O–H groups in total. The SMILES string of the molecule is Cc1ccc(COC[C@H]2O[C@H](O)C[C@@H]2OCc2ccc(C)cc2)cc1. The standard InChI is InChI=1S/C21H26O4/c1-15-3-7-17(8-4-15)12-23-14-20-19(11-21(22)25-20)24-13-18-9-5-16(2)6-10-18/h3-10,19-22H,11-14H2,1-2H3/t19-,20+,21-/m0/s1. The van der Waals surface area contributed by atoms with Crippen LogP contribution in [-0.2, 0) is 27.4 Å². The lowest BCUT2D eigenvalue weighted by Crippen LogP contribution is -2.29. The van der Waals surface area contributed by atoms with Crippen LogP contribution in [0.1, 0.15) is 28.7 Å². The van der Waals surface area contributed by atoms with Crippen molar-refractivity contribution in [3.63, 3.8) is 0 Å². The first-order valence-electron chi connectivity index (χ1n) is 8.74. The van der Waals surface area contributed by atoms with Crippen LogP contribution < -0.4 is 0 Å². The molecular weight excluding hydrogens is 316 g/mol. The van der Waals surface area contributed by atoms with Crippen LogP contribution in [0.2, 0.25) is 0 Å². The molecule has 1 fully saturated rings. The van der Waals surface area contributed by atoms with Gasteiger partial charge in [-0.2, -0.15) is 0 Å². The lowest BCUT2D eigenvalue weighted by atomic mass is 10.1. The molecule has 4 heteroatoms. The first kappa shape index (κ1) is 18.1. The maximum atomic E-state index is 9.79. The zero-order chi connectivity index (χ0) is 17.6. The predicted octanol–water partition coefficient (Wildman–Crippen LogP) is 3.51. The molecule has 0 aromatic heterocycles. The zero-order valence-electron chi connectivity index (χ0n) is 14.9. The Bertz CT molecular complexity index is 651. The highest BCUT2D eigenvalue weighted by Gasteiger charge is 2.35. The lowest BCUT2D eigenvalue weighted by Gasteiger charge is -2.19. The van der Waals surface area contributed by atoms with Crippen LogP contribution in [0.4, 0.5) is 0 Å². The van der Waals surface area contributed by atoms with Gasteiger partial charge in [0.2, 0.25) is 0 Å². The lowest BCUT2D eigenvalue weighted by molar-refractivity contribution is -0.122. The number of benzene rings is 2. The fraction of sp³-hybridized carbons (Fsp3) is 0.429. The minimum absolute atomic E-state index is 0.158. The van der Waals surface area contributed by atoms with E-state index in [9.17, 15) is 5.11 Å². The van der Waals surface area contributed by atoms with Crippen molar-refractivity contribution in [2.45, 2.75) is 52.0 Å². The van der Waals surface area contributed by atoms with E-state index < -0.39 is 6.29 Å². The molecule has 2 aromatic carbocycles. The molecule has 1 saturated heterocycles. The topological polar surface area (TPSA) is 47.9 Å². The highest BCUT2D eigenvalue weighted by Crippen LogP contribution is 2.23. The van der Waals surface area contributed by atoms with Gasteiger partial charge in [0.15, 0.2) is 6.29 Å². The van der Waals surface area contributed by atoms with Crippen molar-refractivity contribution in [3.05, 3.63) is 70.8 Å². The van der Waals surface area contributed by atoms with Gasteiger partial charge in [0.25, 0.3) is 0 Å². The van der Waals surface area contributed by atoms with Crippen LogP contribution in [0.3, 0.4) is 0 Å². The second kappa shape index (κ2) is 8.59. The molecule has 0 aliphatic carbocycles. The Morgan fingerprint density at radius 2 is 1.48 bits per heavy atom. The highest BCUT2D eigenvalue weighted by atomic mass is 16.6. The maximum Gasteiger partial charge on any atom is 0.157 e. The first-order valence-corrected chi connectivity index (χ1v) is 8.74. The molecule has 1 aliphatic rings. The molecular formula is C21H26O4. The molecule has 0 unspecified atom stereocenters. The van der Waals surface area contributed by atoms with E-state index in [-0.39, 0.29) is 12.2 Å². The number of aryl methyl sites for hydroxylation is 2. The van der Waals surface area contributed by atoms with Gasteiger partial charge in [-0.15, -0.1) is 0 Å². The third-order valence-electron chi connectivity index (χ3n) is 4.44. The Hall–Kier alpha value is -1.72. The van der Waals surface area contributed by atoms with Gasteiger partial charge >= 0.3 is 0 Å². The highest BCUT2D eigenvalue weighted by molar-refractivity contribution is 5.21. The number of hydrogen-bond donors (Lipinski definition) is 1. The Morgan fingerprint density at radius 3 is 2.08 bits per heavy atom. The Balaban J connectivity index is 1.47. The van der Waals surface area contributed by atoms with E-state index in [0.29, 0.717) is 26.2 Å². The minimum atomic E-state index is -0.781. The number of aliphatic hydroxyl groups is 1. The number of aliphatic hydroxyl groups excluding tert-OH is 1. The smallest absolute Gasteiger partial charge is 0.157 e. The van der Waals surface area contributed by atoms with E-state index in [4.69, 9.17) is 14.2 Å². The Morgan fingerprint density at radius 1 is 0.920 bits per heavy atom. The molecule has 0 radical (unpaired) electrons. The van der Waals surface area contributed by atoms with Crippen molar-refractivity contribution < 1.29 is 19.3 Å². The second-order valence-corrected chi connectivity index (χ2v) is 6.70. The first-order chi connectivity index (χ1) is 12.1. The van der Waals surface area contributed by atoms with Gasteiger partial charge in [0.05, 0.1) is 25.9 Å². The van der Waals surface area contributed by atoms with Gasteiger partial charge < -0.3 is 19.3 Å². The zero-order valence-corrected chi connectivity index (χ0v) is 14.9. The van der Waals surface area contributed by atoms with Gasteiger partial charge in [-0.05, 0) is 25.0 Å². The van der Waals surface area contributed by atoms with E-state index >= 15 is 0 Å². The summed E-state index contributed by atoms with van der Waals surface area (Å²) in [4.78, 5) is 0. The van der Waals surface area contributed by atoms with E-state index in [1.54, 1.807) is 0 Å². The van der Waals surface area contributed by atoms with Crippen LogP contribution in [0.15, 0.2) is 48.5 Å². The molecule has 2 aromatic rings. The normalized spacial score (nSPS) is 23.1. The molecule has 3 atom stereocenters. The molecule has 3 rings (SSSR count). The fourth-order valence-corrected chi connectivity index (χ4v) is 2.88. The van der Waals surface area contributed by atoms with Gasteiger partial charge in [0.1, 0.15) is 6.10 Å². The summed E-state index contributed by atoms with van der Waals surface area (Å²) in [6, 6.07) is 16.5. The van der Waals surface area contributed by atoms with Crippen molar-refractivity contribution in [3.8, 4) is 0 Å². The van der Waals surface area contributed by atoms with Gasteiger partial charge in [0, 0.05) is 6.42 Å². The third-order valence-corrected chi connectivity index (χ3v) is 4.44. The largest absolute Gasteiger partial charge is 0.374 e. The van der Waals surface area contributed by atoms with Crippen molar-refractivity contribution in [2.75, 3.05) is 6.61 Å². The number of rotatable bonds is 7. The number of ether oxygens (including phenoxy) is 3. The van der Waals surface area contributed by atoms with Crippen molar-refractivity contribution >= 4 is 0 Å². The molecule has 25 heavy (non-hydrogen) atoms. The van der Waals surface area contributed by atoms with E-state index in [1.165, 1.54) is 11.1 Å². The summed E-state index contributed by atoms with van der Waals surface area (Å²) < 4.78 is 17.3. The summed E-state index contributed by atoms with van der Waals surface area (Å²) in [6.45, 7) is 5.57. The molecule has 0 amide bonds. The molecule has 0 bridgehead atoms. The second-order valence-electron chi connectivity index (χ2n) is 6.70. The molecule has 1 aliphatic heterocycles. The monoisotopic (exact) mass is 342 g/mol. The summed E-state index contributed by atoms with van der Waals surface area (Å²) in [5, 5.41) is 9.79. The molecule has 4 nitrogen and oxygen atoms in total. The average Bonchev–Trinajstić information content (AvgIpc) is 2.96. The third kappa shape index (κ3) is 5.38. The van der Waals surface area contributed by atoms with E-state index in [0.717, 1.165) is 11.1 Å². The Labute approximate surface area is 149 Å². The van der Waals surface area contributed by atoms with Crippen molar-refractivity contribution in [1.82, 2.24) is 0 Å². The quantitative estimate of drug-likeness (QED) is 0.836. The van der Waals surface area contributed by atoms with Gasteiger partial charge in [-0.1, -0.05) is 59.7 Å². The van der Waals surface area contributed by atoms with E-state index in [2.05, 4.69) is 62.4 Å². The minimum Gasteiger partial charge on any atom is -0.374 e.